The first-order valence-corrected chi connectivity index (χ1v) is 8.36. The topological polar surface area (TPSA) is 71.7 Å². The van der Waals surface area contributed by atoms with Crippen LogP contribution in [0.3, 0.4) is 0 Å². The van der Waals surface area contributed by atoms with Crippen molar-refractivity contribution in [2.45, 2.75) is 25.7 Å². The average molecular weight is 324 g/mol. The Balaban J connectivity index is 1.80. The Bertz CT molecular complexity index is 859. The molecule has 24 heavy (non-hydrogen) atoms. The maximum absolute atomic E-state index is 10.0. The van der Waals surface area contributed by atoms with Crippen LogP contribution in [0.5, 0.6) is 11.5 Å². The molecule has 1 aliphatic heterocycles. The minimum Gasteiger partial charge on any atom is -0.504 e. The lowest BCUT2D eigenvalue weighted by atomic mass is 10.1. The fourth-order valence-electron chi connectivity index (χ4n) is 2.93. The summed E-state index contributed by atoms with van der Waals surface area (Å²) in [6.07, 6.45) is 6.11. The quantitative estimate of drug-likeness (QED) is 0.662. The smallest absolute Gasteiger partial charge is 0.161 e. The molecule has 6 nitrogen and oxygen atoms in total. The van der Waals surface area contributed by atoms with E-state index in [1.54, 1.807) is 12.3 Å². The molecule has 0 saturated carbocycles. The van der Waals surface area contributed by atoms with Gasteiger partial charge in [0.2, 0.25) is 0 Å². The van der Waals surface area contributed by atoms with E-state index in [4.69, 9.17) is 4.74 Å². The van der Waals surface area contributed by atoms with Gasteiger partial charge in [-0.05, 0) is 43.2 Å². The zero-order chi connectivity index (χ0) is 16.4. The second kappa shape index (κ2) is 6.39. The number of nitrogens with zero attached hydrogens (tertiary/aromatic N) is 3. The van der Waals surface area contributed by atoms with Crippen molar-refractivity contribution in [1.82, 2.24) is 14.6 Å². The van der Waals surface area contributed by atoms with Crippen molar-refractivity contribution in [1.29, 1.82) is 0 Å². The molecule has 124 valence electrons. The summed E-state index contributed by atoms with van der Waals surface area (Å²) >= 11 is 0. The minimum atomic E-state index is 0.159. The van der Waals surface area contributed by atoms with Crippen LogP contribution >= 0.6 is 0 Å². The number of fused-ring (bicyclic) bond motifs is 4. The lowest BCUT2D eigenvalue weighted by Crippen LogP contribution is -2.06. The number of benzene rings is 1. The zero-order valence-corrected chi connectivity index (χ0v) is 13.4. The van der Waals surface area contributed by atoms with Gasteiger partial charge in [0.1, 0.15) is 5.82 Å². The molecule has 2 aromatic heterocycles. The third-order valence-electron chi connectivity index (χ3n) is 4.25. The number of rotatable bonds is 0. The van der Waals surface area contributed by atoms with Crippen molar-refractivity contribution in [3.05, 3.63) is 36.5 Å². The first-order valence-electron chi connectivity index (χ1n) is 8.36. The summed E-state index contributed by atoms with van der Waals surface area (Å²) in [7, 11) is 0. The predicted molar refractivity (Wildman–Crippen MR) is 92.5 cm³/mol. The summed E-state index contributed by atoms with van der Waals surface area (Å²) in [5.41, 5.74) is 2.57. The number of ether oxygens (including phenoxy) is 1. The normalized spacial score (nSPS) is 15.3. The van der Waals surface area contributed by atoms with Crippen LogP contribution in [0.25, 0.3) is 16.9 Å². The highest BCUT2D eigenvalue weighted by Gasteiger charge is 2.12. The van der Waals surface area contributed by atoms with Crippen LogP contribution in [-0.4, -0.2) is 32.9 Å². The van der Waals surface area contributed by atoms with Gasteiger partial charge in [0.05, 0.1) is 18.5 Å². The van der Waals surface area contributed by atoms with Crippen LogP contribution in [0.4, 0.5) is 5.82 Å². The number of aromatic nitrogens is 3. The standard InChI is InChI=1S/C18H20N4O2/c23-15-6-5-13-11-16(15)24-10-4-2-1-3-9-19-17-7-8-18-20-12-14(13)22(18)21-17/h5-8,11-12,23H,1-4,9-10H2,(H,19,21). The van der Waals surface area contributed by atoms with Gasteiger partial charge in [-0.25, -0.2) is 9.50 Å². The Hall–Kier alpha value is -2.76. The van der Waals surface area contributed by atoms with E-state index in [-0.39, 0.29) is 5.75 Å². The van der Waals surface area contributed by atoms with Gasteiger partial charge in [0.25, 0.3) is 0 Å². The van der Waals surface area contributed by atoms with E-state index in [0.29, 0.717) is 12.4 Å². The van der Waals surface area contributed by atoms with Gasteiger partial charge in [-0.3, -0.25) is 0 Å². The molecule has 0 radical (unpaired) electrons. The Morgan fingerprint density at radius 1 is 1.08 bits per heavy atom. The number of aromatic hydroxyl groups is 1. The van der Waals surface area contributed by atoms with Crippen molar-refractivity contribution in [3.8, 4) is 22.8 Å². The highest BCUT2D eigenvalue weighted by molar-refractivity contribution is 5.66. The van der Waals surface area contributed by atoms with Gasteiger partial charge in [-0.2, -0.15) is 0 Å². The van der Waals surface area contributed by atoms with Crippen molar-refractivity contribution in [3.63, 3.8) is 0 Å². The first-order chi connectivity index (χ1) is 11.8. The Morgan fingerprint density at radius 3 is 2.96 bits per heavy atom. The van der Waals surface area contributed by atoms with E-state index in [1.807, 2.05) is 28.8 Å². The number of phenols is 1. The summed E-state index contributed by atoms with van der Waals surface area (Å²) in [5, 5.41) is 18.0. The average Bonchev–Trinajstić information content (AvgIpc) is 3.01. The molecular formula is C18H20N4O2. The molecule has 0 unspecified atom stereocenters. The molecule has 0 amide bonds. The summed E-state index contributed by atoms with van der Waals surface area (Å²) in [6.45, 7) is 1.51. The molecule has 4 bridgehead atoms. The van der Waals surface area contributed by atoms with E-state index >= 15 is 0 Å². The molecule has 1 aliphatic rings. The molecule has 2 N–H and O–H groups in total. The van der Waals surface area contributed by atoms with Gasteiger partial charge in [-0.1, -0.05) is 12.8 Å². The van der Waals surface area contributed by atoms with Crippen molar-refractivity contribution in [2.24, 2.45) is 0 Å². The van der Waals surface area contributed by atoms with Crippen LogP contribution in [0.1, 0.15) is 25.7 Å². The Kier molecular flexibility index (Phi) is 3.94. The molecule has 0 aliphatic carbocycles. The molecule has 3 aromatic rings. The van der Waals surface area contributed by atoms with E-state index in [0.717, 1.165) is 55.0 Å². The summed E-state index contributed by atoms with van der Waals surface area (Å²) in [5.74, 6) is 1.51. The SMILES string of the molecule is Oc1ccc2cc1OCCCCCCNc1ccc3ncc-2n3n1. The zero-order valence-electron chi connectivity index (χ0n) is 13.4. The van der Waals surface area contributed by atoms with Gasteiger partial charge < -0.3 is 15.2 Å². The van der Waals surface area contributed by atoms with Gasteiger partial charge >= 0.3 is 0 Å². The fraction of sp³-hybridized carbons (Fsp3) is 0.333. The number of anilines is 1. The van der Waals surface area contributed by atoms with Gasteiger partial charge in [0.15, 0.2) is 17.1 Å². The van der Waals surface area contributed by atoms with Crippen LogP contribution in [0.15, 0.2) is 36.5 Å². The van der Waals surface area contributed by atoms with E-state index in [9.17, 15) is 5.11 Å². The van der Waals surface area contributed by atoms with Gasteiger partial charge in [-0.15, -0.1) is 5.10 Å². The van der Waals surface area contributed by atoms with E-state index in [1.165, 1.54) is 0 Å². The largest absolute Gasteiger partial charge is 0.504 e. The van der Waals surface area contributed by atoms with Crippen LogP contribution in [-0.2, 0) is 0 Å². The highest BCUT2D eigenvalue weighted by atomic mass is 16.5. The number of hydrogen-bond donors (Lipinski definition) is 2. The molecule has 0 fully saturated rings. The maximum Gasteiger partial charge on any atom is 0.161 e. The molecule has 0 saturated heterocycles. The number of imidazole rings is 1. The second-order valence-corrected chi connectivity index (χ2v) is 6.00. The molecule has 6 heteroatoms. The van der Waals surface area contributed by atoms with Crippen LogP contribution < -0.4 is 10.1 Å². The monoisotopic (exact) mass is 324 g/mol. The van der Waals surface area contributed by atoms with E-state index < -0.39 is 0 Å². The number of phenolic OH excluding ortho intramolecular Hbond substituents is 1. The molecule has 0 atom stereocenters. The van der Waals surface area contributed by atoms with E-state index in [2.05, 4.69) is 15.4 Å². The Morgan fingerprint density at radius 2 is 2.00 bits per heavy atom. The summed E-state index contributed by atoms with van der Waals surface area (Å²) in [6, 6.07) is 9.26. The highest BCUT2D eigenvalue weighted by Crippen LogP contribution is 2.32. The summed E-state index contributed by atoms with van der Waals surface area (Å²) < 4.78 is 7.58. The predicted octanol–water partition coefficient (Wildman–Crippen LogP) is 3.47. The maximum atomic E-state index is 10.0. The van der Waals surface area contributed by atoms with Crippen molar-refractivity contribution < 1.29 is 9.84 Å². The second-order valence-electron chi connectivity index (χ2n) is 6.00. The molecule has 3 heterocycles. The van der Waals surface area contributed by atoms with Crippen LogP contribution in [0.2, 0.25) is 0 Å². The number of nitrogens with one attached hydrogen (secondary N) is 1. The molecule has 0 spiro atoms. The summed E-state index contributed by atoms with van der Waals surface area (Å²) in [4.78, 5) is 4.41. The third-order valence-corrected chi connectivity index (χ3v) is 4.25. The van der Waals surface area contributed by atoms with Crippen molar-refractivity contribution in [2.75, 3.05) is 18.5 Å². The minimum absolute atomic E-state index is 0.159. The molecule has 1 aromatic carbocycles. The molecular weight excluding hydrogens is 304 g/mol. The lowest BCUT2D eigenvalue weighted by molar-refractivity contribution is 0.289. The lowest BCUT2D eigenvalue weighted by Gasteiger charge is -2.10. The van der Waals surface area contributed by atoms with Crippen LogP contribution in [0, 0.1) is 0 Å². The van der Waals surface area contributed by atoms with Gasteiger partial charge in [0, 0.05) is 12.1 Å². The number of hydrogen-bond acceptors (Lipinski definition) is 5. The third kappa shape index (κ3) is 2.87. The first kappa shape index (κ1) is 14.8. The Labute approximate surface area is 140 Å². The van der Waals surface area contributed by atoms with Crippen molar-refractivity contribution >= 4 is 11.5 Å². The molecule has 4 rings (SSSR count). The fourth-order valence-corrected chi connectivity index (χ4v) is 2.93.